The van der Waals surface area contributed by atoms with E-state index in [1.807, 2.05) is 18.2 Å². The molecule has 0 spiro atoms. The normalized spacial score (nSPS) is 23.0. The van der Waals surface area contributed by atoms with Crippen molar-refractivity contribution in [3.05, 3.63) is 34.9 Å². The van der Waals surface area contributed by atoms with Gasteiger partial charge in [0.05, 0.1) is 6.42 Å². The van der Waals surface area contributed by atoms with E-state index in [1.54, 1.807) is 6.07 Å². The number of hydrogen-bond acceptors (Lipinski definition) is 1. The van der Waals surface area contributed by atoms with Crippen LogP contribution in [0.5, 0.6) is 0 Å². The summed E-state index contributed by atoms with van der Waals surface area (Å²) in [7, 11) is 0. The Bertz CT molecular complexity index is 422. The molecule has 0 radical (unpaired) electrons. The molecule has 1 N–H and O–H groups in total. The molecule has 0 aliphatic heterocycles. The molecule has 18 heavy (non-hydrogen) atoms. The first-order valence-electron chi connectivity index (χ1n) is 6.29. The van der Waals surface area contributed by atoms with Crippen LogP contribution < -0.4 is 5.32 Å². The highest BCUT2D eigenvalue weighted by Gasteiger charge is 2.23. The summed E-state index contributed by atoms with van der Waals surface area (Å²) in [5, 5.41) is 3.90. The van der Waals surface area contributed by atoms with Gasteiger partial charge in [0.1, 0.15) is 0 Å². The van der Waals surface area contributed by atoms with Gasteiger partial charge in [-0.05, 0) is 36.8 Å². The lowest BCUT2D eigenvalue weighted by molar-refractivity contribution is -0.120. The van der Waals surface area contributed by atoms with Crippen LogP contribution in [0.25, 0.3) is 0 Å². The van der Waals surface area contributed by atoms with Gasteiger partial charge in [0.15, 0.2) is 0 Å². The summed E-state index contributed by atoms with van der Waals surface area (Å²) in [6, 6.07) is 7.44. The molecule has 1 amide bonds. The van der Waals surface area contributed by atoms with E-state index in [-0.39, 0.29) is 11.3 Å². The van der Waals surface area contributed by atoms with Crippen LogP contribution >= 0.6 is 23.2 Å². The van der Waals surface area contributed by atoms with Gasteiger partial charge in [-0.3, -0.25) is 4.79 Å². The van der Waals surface area contributed by atoms with Crippen molar-refractivity contribution in [2.24, 2.45) is 5.92 Å². The Hall–Kier alpha value is -0.730. The van der Waals surface area contributed by atoms with Gasteiger partial charge in [0.2, 0.25) is 5.91 Å². The number of alkyl halides is 1. The van der Waals surface area contributed by atoms with E-state index in [9.17, 15) is 4.79 Å². The lowest BCUT2D eigenvalue weighted by atomic mass is 10.1. The predicted molar refractivity (Wildman–Crippen MR) is 75.1 cm³/mol. The highest BCUT2D eigenvalue weighted by Crippen LogP contribution is 2.28. The lowest BCUT2D eigenvalue weighted by Crippen LogP contribution is -2.29. The molecule has 0 aromatic heterocycles. The maximum atomic E-state index is 11.8. The van der Waals surface area contributed by atoms with Crippen LogP contribution in [0, 0.1) is 5.92 Å². The largest absolute Gasteiger partial charge is 0.356 e. The van der Waals surface area contributed by atoms with Crippen molar-refractivity contribution in [3.8, 4) is 0 Å². The van der Waals surface area contributed by atoms with Crippen LogP contribution in [0.2, 0.25) is 5.02 Å². The Morgan fingerprint density at radius 1 is 1.33 bits per heavy atom. The number of carbonyl (C=O) groups is 1. The van der Waals surface area contributed by atoms with Crippen LogP contribution in [0.4, 0.5) is 0 Å². The van der Waals surface area contributed by atoms with E-state index >= 15 is 0 Å². The van der Waals surface area contributed by atoms with Crippen molar-refractivity contribution in [2.75, 3.05) is 6.54 Å². The highest BCUT2D eigenvalue weighted by molar-refractivity contribution is 6.31. The molecule has 2 rings (SSSR count). The maximum absolute atomic E-state index is 11.8. The zero-order chi connectivity index (χ0) is 13.0. The summed E-state index contributed by atoms with van der Waals surface area (Å²) in [4.78, 5) is 11.8. The molecule has 0 heterocycles. The summed E-state index contributed by atoms with van der Waals surface area (Å²) in [6.45, 7) is 0.729. The van der Waals surface area contributed by atoms with Gasteiger partial charge in [-0.25, -0.2) is 0 Å². The standard InChI is InChI=1S/C14H17Cl2NO/c15-12-6-5-10(7-12)9-17-14(18)8-11-3-1-2-4-13(11)16/h1-4,10,12H,5-9H2,(H,17,18). The van der Waals surface area contributed by atoms with E-state index in [1.165, 1.54) is 0 Å². The Morgan fingerprint density at radius 3 is 2.78 bits per heavy atom. The van der Waals surface area contributed by atoms with Crippen LogP contribution in [-0.4, -0.2) is 17.8 Å². The summed E-state index contributed by atoms with van der Waals surface area (Å²) in [6.07, 6.45) is 3.53. The van der Waals surface area contributed by atoms with Crippen molar-refractivity contribution in [2.45, 2.75) is 31.1 Å². The highest BCUT2D eigenvalue weighted by atomic mass is 35.5. The van der Waals surface area contributed by atoms with E-state index in [2.05, 4.69) is 5.32 Å². The zero-order valence-electron chi connectivity index (χ0n) is 10.2. The first kappa shape index (κ1) is 13.7. The van der Waals surface area contributed by atoms with Crippen molar-refractivity contribution in [1.29, 1.82) is 0 Å². The molecule has 98 valence electrons. The van der Waals surface area contributed by atoms with Gasteiger partial charge >= 0.3 is 0 Å². The van der Waals surface area contributed by atoms with Crippen LogP contribution in [0.15, 0.2) is 24.3 Å². The molecule has 2 unspecified atom stereocenters. The zero-order valence-corrected chi connectivity index (χ0v) is 11.7. The van der Waals surface area contributed by atoms with E-state index in [4.69, 9.17) is 23.2 Å². The molecule has 1 saturated carbocycles. The quantitative estimate of drug-likeness (QED) is 0.844. The molecular weight excluding hydrogens is 269 g/mol. The minimum absolute atomic E-state index is 0.0288. The topological polar surface area (TPSA) is 29.1 Å². The summed E-state index contributed by atoms with van der Waals surface area (Å²) >= 11 is 12.1. The molecule has 1 fully saturated rings. The molecule has 2 atom stereocenters. The van der Waals surface area contributed by atoms with Gasteiger partial charge in [-0.2, -0.15) is 0 Å². The summed E-state index contributed by atoms with van der Waals surface area (Å²) in [5.74, 6) is 0.559. The number of carbonyl (C=O) groups excluding carboxylic acids is 1. The third kappa shape index (κ3) is 3.89. The molecule has 1 aliphatic rings. The number of benzene rings is 1. The van der Waals surface area contributed by atoms with Crippen molar-refractivity contribution in [3.63, 3.8) is 0 Å². The number of rotatable bonds is 4. The minimum Gasteiger partial charge on any atom is -0.356 e. The molecular formula is C14H17Cl2NO. The second kappa shape index (κ2) is 6.44. The van der Waals surface area contributed by atoms with Crippen LogP contribution in [0.1, 0.15) is 24.8 Å². The molecule has 4 heteroatoms. The van der Waals surface area contributed by atoms with Crippen molar-refractivity contribution in [1.82, 2.24) is 5.32 Å². The Kier molecular flexibility index (Phi) is 4.90. The molecule has 1 aromatic carbocycles. The van der Waals surface area contributed by atoms with Crippen LogP contribution in [-0.2, 0) is 11.2 Å². The van der Waals surface area contributed by atoms with E-state index < -0.39 is 0 Å². The fraction of sp³-hybridized carbons (Fsp3) is 0.500. The number of amides is 1. The average molecular weight is 286 g/mol. The van der Waals surface area contributed by atoms with Gasteiger partial charge in [0.25, 0.3) is 0 Å². The van der Waals surface area contributed by atoms with Crippen molar-refractivity contribution < 1.29 is 4.79 Å². The molecule has 2 nitrogen and oxygen atoms in total. The summed E-state index contributed by atoms with van der Waals surface area (Å²) in [5.41, 5.74) is 0.873. The van der Waals surface area contributed by atoms with Gasteiger partial charge in [-0.1, -0.05) is 29.8 Å². The number of nitrogens with one attached hydrogen (secondary N) is 1. The number of hydrogen-bond donors (Lipinski definition) is 1. The van der Waals surface area contributed by atoms with Gasteiger partial charge in [-0.15, -0.1) is 11.6 Å². The Labute approximate surface area is 118 Å². The van der Waals surface area contributed by atoms with Crippen LogP contribution in [0.3, 0.4) is 0 Å². The second-order valence-electron chi connectivity index (χ2n) is 4.85. The fourth-order valence-corrected chi connectivity index (χ4v) is 2.92. The smallest absolute Gasteiger partial charge is 0.224 e. The predicted octanol–water partition coefficient (Wildman–Crippen LogP) is 3.41. The van der Waals surface area contributed by atoms with E-state index in [0.717, 1.165) is 31.4 Å². The SMILES string of the molecule is O=C(Cc1ccccc1Cl)NCC1CCC(Cl)C1. The molecule has 0 saturated heterocycles. The van der Waals surface area contributed by atoms with Gasteiger partial charge < -0.3 is 5.32 Å². The number of halogens is 2. The van der Waals surface area contributed by atoms with E-state index in [0.29, 0.717) is 17.4 Å². The third-order valence-corrected chi connectivity index (χ3v) is 4.14. The monoisotopic (exact) mass is 285 g/mol. The first-order chi connectivity index (χ1) is 8.65. The first-order valence-corrected chi connectivity index (χ1v) is 7.10. The molecule has 1 aromatic rings. The Balaban J connectivity index is 1.77. The van der Waals surface area contributed by atoms with Gasteiger partial charge in [0, 0.05) is 16.9 Å². The fourth-order valence-electron chi connectivity index (χ4n) is 2.33. The third-order valence-electron chi connectivity index (χ3n) is 3.37. The minimum atomic E-state index is 0.0288. The Morgan fingerprint density at radius 2 is 2.11 bits per heavy atom. The second-order valence-corrected chi connectivity index (χ2v) is 5.87. The van der Waals surface area contributed by atoms with Crippen molar-refractivity contribution >= 4 is 29.1 Å². The maximum Gasteiger partial charge on any atom is 0.224 e. The average Bonchev–Trinajstić information content (AvgIpc) is 2.76. The lowest BCUT2D eigenvalue weighted by Gasteiger charge is -2.11. The molecule has 1 aliphatic carbocycles. The summed E-state index contributed by atoms with van der Waals surface area (Å²) < 4.78 is 0. The molecule has 0 bridgehead atoms.